The third-order valence-corrected chi connectivity index (χ3v) is 4.92. The summed E-state index contributed by atoms with van der Waals surface area (Å²) in [4.78, 5) is 20.0. The van der Waals surface area contributed by atoms with Gasteiger partial charge in [-0.1, -0.05) is 11.6 Å². The highest BCUT2D eigenvalue weighted by Crippen LogP contribution is 2.23. The molecule has 2 heterocycles. The molecule has 0 saturated heterocycles. The van der Waals surface area contributed by atoms with Gasteiger partial charge in [0.05, 0.1) is 35.1 Å². The molecule has 0 bridgehead atoms. The predicted octanol–water partition coefficient (Wildman–Crippen LogP) is 4.21. The normalized spacial score (nSPS) is 11.8. The van der Waals surface area contributed by atoms with Gasteiger partial charge < -0.3 is 15.0 Å². The molecule has 3 rings (SSSR count). The van der Waals surface area contributed by atoms with Gasteiger partial charge in [-0.2, -0.15) is 0 Å². The van der Waals surface area contributed by atoms with Crippen LogP contribution in [0.3, 0.4) is 0 Å². The number of nitrogens with one attached hydrogen (secondary N) is 3. The molecule has 0 spiro atoms. The largest absolute Gasteiger partial charge is 0.487 e. The minimum Gasteiger partial charge on any atom is -0.487 e. The average Bonchev–Trinajstić information content (AvgIpc) is 3.14. The first kappa shape index (κ1) is 23.6. The molecule has 0 aliphatic carbocycles. The van der Waals surface area contributed by atoms with Crippen molar-refractivity contribution < 1.29 is 17.9 Å². The first-order chi connectivity index (χ1) is 14.9. The van der Waals surface area contributed by atoms with Crippen LogP contribution < -0.4 is 14.8 Å². The van der Waals surface area contributed by atoms with Gasteiger partial charge in [0.2, 0.25) is 10.0 Å². The molecular weight excluding hydrogens is 452 g/mol. The van der Waals surface area contributed by atoms with Gasteiger partial charge in [-0.25, -0.2) is 8.42 Å². The van der Waals surface area contributed by atoms with E-state index in [1.165, 1.54) is 6.07 Å². The number of hydrogen-bond acceptors (Lipinski definition) is 5. The van der Waals surface area contributed by atoms with E-state index >= 15 is 0 Å². The maximum Gasteiger partial charge on any atom is 0.253 e. The Morgan fingerprint density at radius 2 is 1.94 bits per heavy atom. The maximum absolute atomic E-state index is 12.6. The second-order valence-corrected chi connectivity index (χ2v) is 10.5. The number of rotatable bonds is 7. The van der Waals surface area contributed by atoms with Gasteiger partial charge in [0.15, 0.2) is 0 Å². The van der Waals surface area contributed by atoms with Crippen LogP contribution in [0, 0.1) is 0 Å². The number of aromatic nitrogens is 2. The van der Waals surface area contributed by atoms with Gasteiger partial charge in [-0.3, -0.25) is 14.5 Å². The van der Waals surface area contributed by atoms with Crippen molar-refractivity contribution in [2.75, 3.05) is 11.0 Å². The first-order valence-corrected chi connectivity index (χ1v) is 12.0. The number of aromatic amines is 1. The van der Waals surface area contributed by atoms with Crippen LogP contribution in [-0.2, 0) is 16.6 Å². The predicted molar refractivity (Wildman–Crippen MR) is 125 cm³/mol. The smallest absolute Gasteiger partial charge is 0.253 e. The first-order valence-electron chi connectivity index (χ1n) is 9.77. The highest BCUT2D eigenvalue weighted by atomic mass is 35.5. The van der Waals surface area contributed by atoms with Crippen LogP contribution >= 0.6 is 11.6 Å². The van der Waals surface area contributed by atoms with Gasteiger partial charge in [0, 0.05) is 17.8 Å². The maximum atomic E-state index is 12.6. The number of carbonyl (C=O) groups excluding carboxylic acids is 1. The summed E-state index contributed by atoms with van der Waals surface area (Å²) >= 11 is 6.06. The van der Waals surface area contributed by atoms with Crippen molar-refractivity contribution in [2.24, 2.45) is 0 Å². The Morgan fingerprint density at radius 1 is 1.19 bits per heavy atom. The van der Waals surface area contributed by atoms with E-state index in [9.17, 15) is 13.2 Å². The molecule has 0 unspecified atom stereocenters. The van der Waals surface area contributed by atoms with Crippen molar-refractivity contribution in [3.05, 3.63) is 64.9 Å². The molecule has 0 aliphatic rings. The summed E-state index contributed by atoms with van der Waals surface area (Å²) < 4.78 is 31.0. The molecule has 2 aromatic heterocycles. The molecule has 0 saturated carbocycles. The molecular formula is C22H25ClN4O4S. The van der Waals surface area contributed by atoms with Crippen molar-refractivity contribution in [2.45, 2.75) is 32.9 Å². The molecule has 10 heteroatoms. The molecule has 0 radical (unpaired) electrons. The molecule has 8 nitrogen and oxygen atoms in total. The molecule has 1 aromatic carbocycles. The van der Waals surface area contributed by atoms with E-state index < -0.39 is 10.0 Å². The van der Waals surface area contributed by atoms with E-state index in [1.807, 2.05) is 32.9 Å². The van der Waals surface area contributed by atoms with E-state index in [4.69, 9.17) is 16.3 Å². The lowest BCUT2D eigenvalue weighted by atomic mass is 10.2. The molecule has 0 atom stereocenters. The number of anilines is 1. The van der Waals surface area contributed by atoms with Crippen LogP contribution in [0.4, 0.5) is 5.69 Å². The lowest BCUT2D eigenvalue weighted by Gasteiger charge is -2.20. The number of pyridine rings is 1. The van der Waals surface area contributed by atoms with Gasteiger partial charge in [0.25, 0.3) is 5.91 Å². The highest BCUT2D eigenvalue weighted by Gasteiger charge is 2.14. The third-order valence-electron chi connectivity index (χ3n) is 4.10. The Labute approximate surface area is 192 Å². The lowest BCUT2D eigenvalue weighted by molar-refractivity contribution is 0.0951. The number of hydrogen-bond donors (Lipinski definition) is 3. The number of carbonyl (C=O) groups is 1. The summed E-state index contributed by atoms with van der Waals surface area (Å²) in [5, 5.41) is 3.16. The summed E-state index contributed by atoms with van der Waals surface area (Å²) in [6.07, 6.45) is 4.29. The summed E-state index contributed by atoms with van der Waals surface area (Å²) in [6, 6.07) is 10.1. The van der Waals surface area contributed by atoms with Crippen LogP contribution in [0.5, 0.6) is 5.75 Å². The minimum atomic E-state index is -3.43. The zero-order valence-electron chi connectivity index (χ0n) is 18.2. The van der Waals surface area contributed by atoms with Crippen molar-refractivity contribution in [1.29, 1.82) is 0 Å². The van der Waals surface area contributed by atoms with E-state index in [0.717, 1.165) is 6.26 Å². The zero-order valence-corrected chi connectivity index (χ0v) is 19.8. The molecule has 32 heavy (non-hydrogen) atoms. The quantitative estimate of drug-likeness (QED) is 0.472. The van der Waals surface area contributed by atoms with Crippen molar-refractivity contribution in [3.63, 3.8) is 0 Å². The fourth-order valence-corrected chi connectivity index (χ4v) is 3.74. The number of nitrogens with zero attached hydrogens (tertiary/aromatic N) is 1. The van der Waals surface area contributed by atoms with E-state index in [-0.39, 0.29) is 18.1 Å². The number of amides is 1. The molecule has 170 valence electrons. The standard InChI is InChI=1S/C22H25ClN4O4S/c1-22(2,3)31-18-5-6-19(25-13-18)20-9-15(12-24-20)21(28)26-11-14-7-16(23)10-17(8-14)27-32(4,29)30/h5-10,12-13,24,27H,11H2,1-4H3,(H,26,28). The van der Waals surface area contributed by atoms with E-state index in [2.05, 4.69) is 20.0 Å². The number of benzene rings is 1. The second kappa shape index (κ2) is 9.22. The Morgan fingerprint density at radius 3 is 2.56 bits per heavy atom. The number of H-pyrrole nitrogens is 1. The lowest BCUT2D eigenvalue weighted by Crippen LogP contribution is -2.22. The molecule has 0 aliphatic heterocycles. The Balaban J connectivity index is 1.65. The van der Waals surface area contributed by atoms with Gasteiger partial charge in [-0.05, 0) is 62.7 Å². The topological polar surface area (TPSA) is 113 Å². The summed E-state index contributed by atoms with van der Waals surface area (Å²) in [5.41, 5.74) is 2.48. The molecule has 3 N–H and O–H groups in total. The Bertz CT molecular complexity index is 1220. The number of halogens is 1. The number of ether oxygens (including phenoxy) is 1. The van der Waals surface area contributed by atoms with Gasteiger partial charge in [0.1, 0.15) is 11.4 Å². The van der Waals surface area contributed by atoms with Crippen molar-refractivity contribution in [3.8, 4) is 17.1 Å². The Kier molecular flexibility index (Phi) is 6.80. The van der Waals surface area contributed by atoms with Crippen LogP contribution in [-0.4, -0.2) is 36.1 Å². The molecule has 0 fully saturated rings. The monoisotopic (exact) mass is 476 g/mol. The fourth-order valence-electron chi connectivity index (χ4n) is 2.94. The minimum absolute atomic E-state index is 0.176. The van der Waals surface area contributed by atoms with E-state index in [0.29, 0.717) is 39.0 Å². The van der Waals surface area contributed by atoms with Gasteiger partial charge in [-0.15, -0.1) is 0 Å². The van der Waals surface area contributed by atoms with Crippen LogP contribution in [0.1, 0.15) is 36.7 Å². The van der Waals surface area contributed by atoms with Gasteiger partial charge >= 0.3 is 0 Å². The second-order valence-electron chi connectivity index (χ2n) is 8.30. The van der Waals surface area contributed by atoms with Crippen LogP contribution in [0.2, 0.25) is 5.02 Å². The Hall–Kier alpha value is -3.04. The third kappa shape index (κ3) is 7.00. The van der Waals surface area contributed by atoms with E-state index in [1.54, 1.807) is 30.6 Å². The van der Waals surface area contributed by atoms with Crippen molar-refractivity contribution >= 4 is 33.2 Å². The molecule has 3 aromatic rings. The highest BCUT2D eigenvalue weighted by molar-refractivity contribution is 7.92. The summed E-state index contributed by atoms with van der Waals surface area (Å²) in [7, 11) is -3.43. The fraction of sp³-hybridized carbons (Fsp3) is 0.273. The van der Waals surface area contributed by atoms with Crippen LogP contribution in [0.25, 0.3) is 11.4 Å². The summed E-state index contributed by atoms with van der Waals surface area (Å²) in [5.74, 6) is 0.370. The SMILES string of the molecule is CC(C)(C)Oc1ccc(-c2cc(C(=O)NCc3cc(Cl)cc(NS(C)(=O)=O)c3)c[nH]2)nc1. The van der Waals surface area contributed by atoms with Crippen LogP contribution in [0.15, 0.2) is 48.8 Å². The average molecular weight is 477 g/mol. The summed E-state index contributed by atoms with van der Waals surface area (Å²) in [6.45, 7) is 6.06. The zero-order chi connectivity index (χ0) is 23.5. The van der Waals surface area contributed by atoms with Crippen molar-refractivity contribution in [1.82, 2.24) is 15.3 Å². The molecule has 1 amide bonds. The number of sulfonamides is 1.